The molecule has 0 aliphatic heterocycles. The van der Waals surface area contributed by atoms with Gasteiger partial charge < -0.3 is 29.8 Å². The molecule has 4 rings (SSSR count). The lowest BCUT2D eigenvalue weighted by Crippen LogP contribution is -2.37. The van der Waals surface area contributed by atoms with Crippen molar-refractivity contribution in [1.29, 1.82) is 0 Å². The Morgan fingerprint density at radius 3 is 2.67 bits per heavy atom. The van der Waals surface area contributed by atoms with Crippen LogP contribution in [0.1, 0.15) is 39.0 Å². The molecular weight excluding hydrogens is 460 g/mol. The van der Waals surface area contributed by atoms with Crippen molar-refractivity contribution in [3.63, 3.8) is 0 Å². The second-order valence-electron chi connectivity index (χ2n) is 9.06. The molecule has 3 heterocycles. The number of aliphatic hydroxyl groups excluding tert-OH is 1. The first-order valence-corrected chi connectivity index (χ1v) is 12.7. The number of aliphatic hydroxyl groups is 1. The van der Waals surface area contributed by atoms with E-state index in [1.807, 2.05) is 12.1 Å². The van der Waals surface area contributed by atoms with Gasteiger partial charge in [0, 0.05) is 50.1 Å². The summed E-state index contributed by atoms with van der Waals surface area (Å²) in [6, 6.07) is 5.94. The Morgan fingerprint density at radius 2 is 1.94 bits per heavy atom. The highest BCUT2D eigenvalue weighted by molar-refractivity contribution is 5.80. The fourth-order valence-electron chi connectivity index (χ4n) is 4.43. The van der Waals surface area contributed by atoms with Crippen LogP contribution < -0.4 is 20.9 Å². The minimum Gasteiger partial charge on any atom is -0.481 e. The number of rotatable bonds is 12. The van der Waals surface area contributed by atoms with Gasteiger partial charge in [0.25, 0.3) is 5.56 Å². The van der Waals surface area contributed by atoms with Crippen molar-refractivity contribution >= 4 is 16.9 Å². The van der Waals surface area contributed by atoms with Crippen LogP contribution in [0.15, 0.2) is 35.4 Å². The summed E-state index contributed by atoms with van der Waals surface area (Å²) in [5, 5.41) is 16.4. The van der Waals surface area contributed by atoms with Crippen molar-refractivity contribution in [3.8, 4) is 17.1 Å². The standard InChI is InChI=1S/C26H36N6O4/c1-3-13-36-14-12-32-23-15-21(18-4-9-24(35-2)30-16-18)29-17-22(23)31-25(26(32)34)28-11-10-27-19-5-7-20(33)8-6-19/h4,9,15-17,19-20,27,33H,3,5-8,10-14H2,1-2H3,(H,28,31). The molecule has 0 saturated heterocycles. The van der Waals surface area contributed by atoms with E-state index in [0.717, 1.165) is 37.7 Å². The van der Waals surface area contributed by atoms with Crippen molar-refractivity contribution < 1.29 is 14.6 Å². The highest BCUT2D eigenvalue weighted by Crippen LogP contribution is 2.22. The third-order valence-corrected chi connectivity index (χ3v) is 6.43. The Bertz CT molecular complexity index is 1180. The van der Waals surface area contributed by atoms with Gasteiger partial charge >= 0.3 is 0 Å². The molecule has 0 atom stereocenters. The number of aromatic nitrogens is 4. The average Bonchev–Trinajstić information content (AvgIpc) is 2.91. The molecule has 0 bridgehead atoms. The molecule has 1 aliphatic rings. The zero-order valence-corrected chi connectivity index (χ0v) is 21.1. The molecule has 0 aromatic carbocycles. The smallest absolute Gasteiger partial charge is 0.293 e. The molecule has 3 aromatic rings. The molecular formula is C26H36N6O4. The van der Waals surface area contributed by atoms with Crippen LogP contribution in [0.5, 0.6) is 5.88 Å². The van der Waals surface area contributed by atoms with E-state index < -0.39 is 0 Å². The molecule has 0 radical (unpaired) electrons. The summed E-state index contributed by atoms with van der Waals surface area (Å²) in [5.41, 5.74) is 2.66. The lowest BCUT2D eigenvalue weighted by Gasteiger charge is -2.26. The fraction of sp³-hybridized carbons (Fsp3) is 0.538. The number of fused-ring (bicyclic) bond motifs is 1. The molecule has 10 nitrogen and oxygen atoms in total. The predicted octanol–water partition coefficient (Wildman–Crippen LogP) is 2.59. The van der Waals surface area contributed by atoms with Gasteiger partial charge in [0.15, 0.2) is 5.82 Å². The maximum atomic E-state index is 13.4. The molecule has 0 unspecified atom stereocenters. The van der Waals surface area contributed by atoms with E-state index in [2.05, 4.69) is 32.5 Å². The van der Waals surface area contributed by atoms with Crippen LogP contribution in [0.3, 0.4) is 0 Å². The first-order valence-electron chi connectivity index (χ1n) is 12.7. The van der Waals surface area contributed by atoms with Gasteiger partial charge in [-0.1, -0.05) is 6.92 Å². The van der Waals surface area contributed by atoms with Gasteiger partial charge in [-0.3, -0.25) is 9.78 Å². The van der Waals surface area contributed by atoms with E-state index in [4.69, 9.17) is 9.47 Å². The largest absolute Gasteiger partial charge is 0.481 e. The predicted molar refractivity (Wildman–Crippen MR) is 139 cm³/mol. The minimum absolute atomic E-state index is 0.169. The molecule has 1 fully saturated rings. The number of anilines is 1. The Morgan fingerprint density at radius 1 is 1.11 bits per heavy atom. The maximum absolute atomic E-state index is 13.4. The summed E-state index contributed by atoms with van der Waals surface area (Å²) in [7, 11) is 1.57. The second-order valence-corrected chi connectivity index (χ2v) is 9.06. The number of nitrogens with zero attached hydrogens (tertiary/aromatic N) is 4. The number of nitrogens with one attached hydrogen (secondary N) is 2. The second kappa shape index (κ2) is 12.8. The summed E-state index contributed by atoms with van der Waals surface area (Å²) in [6.07, 6.45) is 7.75. The van der Waals surface area contributed by atoms with Gasteiger partial charge in [-0.2, -0.15) is 0 Å². The van der Waals surface area contributed by atoms with Crippen molar-refractivity contribution in [2.24, 2.45) is 0 Å². The van der Waals surface area contributed by atoms with Crippen molar-refractivity contribution in [3.05, 3.63) is 40.9 Å². The lowest BCUT2D eigenvalue weighted by atomic mass is 9.93. The fourth-order valence-corrected chi connectivity index (χ4v) is 4.43. The van der Waals surface area contributed by atoms with E-state index in [9.17, 15) is 9.90 Å². The first-order chi connectivity index (χ1) is 17.6. The number of hydrogen-bond acceptors (Lipinski definition) is 9. The normalized spacial score (nSPS) is 17.9. The number of hydrogen-bond donors (Lipinski definition) is 3. The van der Waals surface area contributed by atoms with Crippen molar-refractivity contribution in [2.45, 2.75) is 57.7 Å². The Hall–Kier alpha value is -3.08. The van der Waals surface area contributed by atoms with E-state index in [1.54, 1.807) is 30.1 Å². The summed E-state index contributed by atoms with van der Waals surface area (Å²) in [6.45, 7) is 4.84. The van der Waals surface area contributed by atoms with Gasteiger partial charge in [0.05, 0.1) is 37.2 Å². The SMILES string of the molecule is CCCOCCn1c(=O)c(NCCNC2CCC(O)CC2)nc2cnc(-c3ccc(OC)nc3)cc21. The molecule has 0 spiro atoms. The van der Waals surface area contributed by atoms with Gasteiger partial charge in [-0.05, 0) is 44.2 Å². The molecule has 36 heavy (non-hydrogen) atoms. The minimum atomic E-state index is -0.187. The van der Waals surface area contributed by atoms with E-state index in [1.165, 1.54) is 0 Å². The summed E-state index contributed by atoms with van der Waals surface area (Å²) in [5.74, 6) is 0.831. The zero-order chi connectivity index (χ0) is 25.3. The summed E-state index contributed by atoms with van der Waals surface area (Å²) < 4.78 is 12.5. The highest BCUT2D eigenvalue weighted by atomic mass is 16.5. The van der Waals surface area contributed by atoms with Crippen LogP contribution in [0.2, 0.25) is 0 Å². The lowest BCUT2D eigenvalue weighted by molar-refractivity contribution is 0.117. The van der Waals surface area contributed by atoms with Gasteiger partial charge in [-0.15, -0.1) is 0 Å². The third kappa shape index (κ3) is 6.57. The highest BCUT2D eigenvalue weighted by Gasteiger charge is 2.18. The Kier molecular flexibility index (Phi) is 9.21. The van der Waals surface area contributed by atoms with Crippen molar-refractivity contribution in [1.82, 2.24) is 24.8 Å². The van der Waals surface area contributed by atoms with Gasteiger partial charge in [-0.25, -0.2) is 9.97 Å². The number of pyridine rings is 2. The van der Waals surface area contributed by atoms with E-state index in [-0.39, 0.29) is 11.7 Å². The van der Waals surface area contributed by atoms with Crippen LogP contribution in [0.4, 0.5) is 5.82 Å². The van der Waals surface area contributed by atoms with Gasteiger partial charge in [0.2, 0.25) is 5.88 Å². The zero-order valence-electron chi connectivity index (χ0n) is 21.1. The van der Waals surface area contributed by atoms with Crippen LogP contribution >= 0.6 is 0 Å². The molecule has 0 amide bonds. The molecule has 1 aliphatic carbocycles. The summed E-state index contributed by atoms with van der Waals surface area (Å²) in [4.78, 5) is 26.8. The van der Waals surface area contributed by atoms with E-state index in [0.29, 0.717) is 67.3 Å². The molecule has 194 valence electrons. The molecule has 3 N–H and O–H groups in total. The quantitative estimate of drug-likeness (QED) is 0.325. The van der Waals surface area contributed by atoms with Crippen LogP contribution in [0.25, 0.3) is 22.3 Å². The van der Waals surface area contributed by atoms with Crippen LogP contribution in [0, 0.1) is 0 Å². The third-order valence-electron chi connectivity index (χ3n) is 6.43. The first kappa shape index (κ1) is 26.0. The number of ether oxygens (including phenoxy) is 2. The topological polar surface area (TPSA) is 123 Å². The van der Waals surface area contributed by atoms with Gasteiger partial charge in [0.1, 0.15) is 5.52 Å². The molecule has 1 saturated carbocycles. The molecule has 3 aromatic heterocycles. The van der Waals surface area contributed by atoms with Crippen LogP contribution in [-0.2, 0) is 11.3 Å². The van der Waals surface area contributed by atoms with Crippen molar-refractivity contribution in [2.75, 3.05) is 38.7 Å². The van der Waals surface area contributed by atoms with Crippen LogP contribution in [-0.4, -0.2) is 70.2 Å². The summed E-state index contributed by atoms with van der Waals surface area (Å²) >= 11 is 0. The monoisotopic (exact) mass is 496 g/mol. The molecule has 10 heteroatoms. The number of methoxy groups -OCH3 is 1. The Labute approximate surface area is 211 Å². The Balaban J connectivity index is 1.53. The van der Waals surface area contributed by atoms with E-state index >= 15 is 0 Å². The maximum Gasteiger partial charge on any atom is 0.293 e. The average molecular weight is 497 g/mol.